The van der Waals surface area contributed by atoms with Crippen LogP contribution in [0.1, 0.15) is 37.1 Å². The molecule has 0 atom stereocenters. The summed E-state index contributed by atoms with van der Waals surface area (Å²) >= 11 is 1.29. The molecular weight excluding hydrogens is 557 g/mol. The van der Waals surface area contributed by atoms with E-state index < -0.39 is 27.7 Å². The van der Waals surface area contributed by atoms with Crippen LogP contribution in [0.25, 0.3) is 16.3 Å². The Morgan fingerprint density at radius 2 is 1.82 bits per heavy atom. The number of hydrogen-bond acceptors (Lipinski definition) is 9. The number of rotatable bonds is 7. The molecule has 3 aromatic rings. The number of likely N-dealkylation sites (tertiary alicyclic amines) is 1. The highest BCUT2D eigenvalue weighted by atomic mass is 32.2. The molecule has 3 aromatic heterocycles. The Labute approximate surface area is 234 Å². The highest BCUT2D eigenvalue weighted by Crippen LogP contribution is 2.49. The Hall–Kier alpha value is -3.35. The zero-order chi connectivity index (χ0) is 27.7. The first-order chi connectivity index (χ1) is 19.3. The number of hydrogen-bond donors (Lipinski definition) is 1. The molecule has 2 aliphatic heterocycles. The second-order valence-electron chi connectivity index (χ2n) is 11.1. The number of piperazine rings is 1. The summed E-state index contributed by atoms with van der Waals surface area (Å²) in [5.74, 6) is 0.420. The third kappa shape index (κ3) is 4.20. The lowest BCUT2D eigenvalue weighted by molar-refractivity contribution is 0.124. The molecule has 0 radical (unpaired) electrons. The first kappa shape index (κ1) is 25.6. The second-order valence-corrected chi connectivity index (χ2v) is 13.8. The average Bonchev–Trinajstić information content (AvgIpc) is 3.79. The molecule has 4 aliphatic rings. The van der Waals surface area contributed by atoms with Crippen LogP contribution in [0.4, 0.5) is 14.9 Å². The lowest BCUT2D eigenvalue weighted by Crippen LogP contribution is -2.55. The van der Waals surface area contributed by atoms with Crippen molar-refractivity contribution in [3.05, 3.63) is 23.5 Å². The number of pyridine rings is 1. The molecule has 40 heavy (non-hydrogen) atoms. The van der Waals surface area contributed by atoms with E-state index in [9.17, 15) is 22.9 Å². The van der Waals surface area contributed by atoms with Crippen LogP contribution in [0, 0.1) is 11.3 Å². The van der Waals surface area contributed by atoms with Gasteiger partial charge in [0.15, 0.2) is 10.8 Å². The minimum atomic E-state index is -4.05. The zero-order valence-corrected chi connectivity index (χ0v) is 23.3. The summed E-state index contributed by atoms with van der Waals surface area (Å²) in [6.45, 7) is 2.88. The Bertz CT molecular complexity index is 1640. The van der Waals surface area contributed by atoms with Crippen LogP contribution in [-0.2, 0) is 15.4 Å². The highest BCUT2D eigenvalue weighted by molar-refractivity contribution is 7.89. The quantitative estimate of drug-likeness (QED) is 0.445. The fraction of sp³-hybridized carbons (Fsp3) is 0.560. The maximum Gasteiger partial charge on any atom is 0.320 e. The van der Waals surface area contributed by atoms with Crippen LogP contribution in [0.2, 0.25) is 0 Å². The fourth-order valence-corrected chi connectivity index (χ4v) is 7.71. The minimum absolute atomic E-state index is 0.00603. The monoisotopic (exact) mass is 585 g/mol. The first-order valence-corrected chi connectivity index (χ1v) is 15.7. The number of carbonyl (C=O) groups is 1. The Morgan fingerprint density at radius 3 is 2.42 bits per heavy atom. The smallest absolute Gasteiger partial charge is 0.320 e. The minimum Gasteiger partial charge on any atom is -0.366 e. The maximum atomic E-state index is 13.6. The summed E-state index contributed by atoms with van der Waals surface area (Å²) in [6.07, 6.45) is 6.57. The predicted molar refractivity (Wildman–Crippen MR) is 144 cm³/mol. The van der Waals surface area contributed by atoms with Crippen LogP contribution in [0.5, 0.6) is 0 Å². The van der Waals surface area contributed by atoms with Gasteiger partial charge in [-0.25, -0.2) is 27.3 Å². The molecule has 12 nitrogen and oxygen atoms in total. The van der Waals surface area contributed by atoms with Crippen molar-refractivity contribution < 1.29 is 17.6 Å². The fourth-order valence-electron chi connectivity index (χ4n) is 5.22. The van der Waals surface area contributed by atoms with E-state index in [1.165, 1.54) is 17.5 Å². The highest BCUT2D eigenvalue weighted by Gasteiger charge is 2.49. The third-order valence-corrected chi connectivity index (χ3v) is 11.0. The van der Waals surface area contributed by atoms with Gasteiger partial charge in [0.1, 0.15) is 22.0 Å². The number of nitrogens with zero attached hydrogens (tertiary/aromatic N) is 8. The Morgan fingerprint density at radius 1 is 1.10 bits per heavy atom. The molecule has 0 bridgehead atoms. The molecule has 1 N–H and O–H groups in total. The van der Waals surface area contributed by atoms with E-state index in [1.807, 2.05) is 9.80 Å². The van der Waals surface area contributed by atoms with Crippen LogP contribution >= 0.6 is 11.3 Å². The van der Waals surface area contributed by atoms with Crippen molar-refractivity contribution in [1.82, 2.24) is 34.1 Å². The molecule has 2 aliphatic carbocycles. The van der Waals surface area contributed by atoms with Gasteiger partial charge in [0.05, 0.1) is 29.0 Å². The summed E-state index contributed by atoms with van der Waals surface area (Å²) in [7, 11) is -4.05. The number of nitriles is 1. The molecule has 210 valence electrons. The van der Waals surface area contributed by atoms with Gasteiger partial charge in [-0.3, -0.25) is 4.40 Å². The number of imidazole rings is 1. The standard InChI is InChI=1S/C25H28FN9O3S2/c26-15-25(4-5-25)31-40(37,38)17-12-18(32-8-10-34(11-9-32)23(36)33-6-1-7-33)19-13-28-20(35(19)14-17)21-29-30-22(39-21)24(16-27)2-3-24/h12-14,31H,1-11,15H2. The molecule has 0 aromatic carbocycles. The van der Waals surface area contributed by atoms with E-state index in [1.54, 1.807) is 16.7 Å². The molecule has 7 rings (SSSR count). The van der Waals surface area contributed by atoms with Gasteiger partial charge in [-0.1, -0.05) is 11.3 Å². The first-order valence-electron chi connectivity index (χ1n) is 13.4. The van der Waals surface area contributed by atoms with Crippen LogP contribution in [-0.4, -0.2) is 95.3 Å². The maximum absolute atomic E-state index is 13.6. The Balaban J connectivity index is 1.26. The van der Waals surface area contributed by atoms with Crippen LogP contribution in [0.3, 0.4) is 0 Å². The Kier molecular flexibility index (Phi) is 5.81. The molecule has 0 unspecified atom stereocenters. The molecule has 0 spiro atoms. The van der Waals surface area contributed by atoms with Gasteiger partial charge >= 0.3 is 6.03 Å². The summed E-state index contributed by atoms with van der Waals surface area (Å²) in [5, 5.41) is 19.2. The van der Waals surface area contributed by atoms with Gasteiger partial charge < -0.3 is 14.7 Å². The number of amides is 2. The number of alkyl halides is 1. The van der Waals surface area contributed by atoms with E-state index in [-0.39, 0.29) is 10.9 Å². The van der Waals surface area contributed by atoms with E-state index in [0.717, 1.165) is 32.4 Å². The molecular formula is C25H28FN9O3S2. The molecule has 2 amide bonds. The largest absolute Gasteiger partial charge is 0.366 e. The number of halogens is 1. The molecule has 2 saturated heterocycles. The molecule has 15 heteroatoms. The van der Waals surface area contributed by atoms with Gasteiger partial charge in [-0.05, 0) is 38.2 Å². The SMILES string of the molecule is N#CC1(c2nnc(-c3ncc4c(N5CCN(C(=O)N6CCC6)CC5)cc(S(=O)(=O)NC5(CF)CC5)cn34)s2)CC1. The number of aromatic nitrogens is 4. The van der Waals surface area contributed by atoms with Crippen molar-refractivity contribution in [1.29, 1.82) is 5.26 Å². The number of urea groups is 1. The molecule has 4 fully saturated rings. The average molecular weight is 586 g/mol. The lowest BCUT2D eigenvalue weighted by Gasteiger charge is -2.41. The normalized spacial score (nSPS) is 21.2. The topological polar surface area (TPSA) is 140 Å². The lowest BCUT2D eigenvalue weighted by atomic mass is 10.1. The van der Waals surface area contributed by atoms with E-state index in [0.29, 0.717) is 66.1 Å². The summed E-state index contributed by atoms with van der Waals surface area (Å²) in [5.41, 5.74) is -0.298. The van der Waals surface area contributed by atoms with E-state index in [4.69, 9.17) is 0 Å². The number of carbonyl (C=O) groups excluding carboxylic acids is 1. The van der Waals surface area contributed by atoms with Crippen LogP contribution < -0.4 is 9.62 Å². The number of nitrogens with one attached hydrogen (secondary N) is 1. The third-order valence-electron chi connectivity index (χ3n) is 8.37. The summed E-state index contributed by atoms with van der Waals surface area (Å²) in [6, 6.07) is 3.97. The number of sulfonamides is 1. The predicted octanol–water partition coefficient (Wildman–Crippen LogP) is 2.14. The van der Waals surface area contributed by atoms with Crippen molar-refractivity contribution in [2.75, 3.05) is 50.8 Å². The van der Waals surface area contributed by atoms with E-state index >= 15 is 0 Å². The van der Waals surface area contributed by atoms with Crippen molar-refractivity contribution in [3.63, 3.8) is 0 Å². The van der Waals surface area contributed by atoms with Crippen molar-refractivity contribution in [3.8, 4) is 16.9 Å². The summed E-state index contributed by atoms with van der Waals surface area (Å²) in [4.78, 5) is 23.0. The molecule has 5 heterocycles. The number of fused-ring (bicyclic) bond motifs is 1. The van der Waals surface area contributed by atoms with Crippen molar-refractivity contribution in [2.45, 2.75) is 48.0 Å². The van der Waals surface area contributed by atoms with Crippen LogP contribution in [0.15, 0.2) is 23.4 Å². The van der Waals surface area contributed by atoms with Crippen molar-refractivity contribution in [2.24, 2.45) is 0 Å². The van der Waals surface area contributed by atoms with Gasteiger partial charge in [-0.2, -0.15) is 5.26 Å². The van der Waals surface area contributed by atoms with Crippen molar-refractivity contribution >= 4 is 38.6 Å². The van der Waals surface area contributed by atoms with Gasteiger partial charge in [0.2, 0.25) is 10.0 Å². The van der Waals surface area contributed by atoms with Gasteiger partial charge in [0, 0.05) is 45.5 Å². The van der Waals surface area contributed by atoms with Gasteiger partial charge in [-0.15, -0.1) is 10.2 Å². The zero-order valence-electron chi connectivity index (χ0n) is 21.7. The second kappa shape index (κ2) is 9.08. The number of anilines is 1. The van der Waals surface area contributed by atoms with Gasteiger partial charge in [0.25, 0.3) is 0 Å². The molecule has 2 saturated carbocycles. The van der Waals surface area contributed by atoms with E-state index in [2.05, 4.69) is 30.9 Å². The summed E-state index contributed by atoms with van der Waals surface area (Å²) < 4.78 is 44.9.